The first kappa shape index (κ1) is 11.8. The van der Waals surface area contributed by atoms with Gasteiger partial charge in [-0.25, -0.2) is 4.98 Å². The number of pyridine rings is 1. The molecule has 0 saturated heterocycles. The van der Waals surface area contributed by atoms with Crippen LogP contribution in [0.25, 0.3) is 5.69 Å². The van der Waals surface area contributed by atoms with Crippen molar-refractivity contribution in [3.05, 3.63) is 28.9 Å². The van der Waals surface area contributed by atoms with Crippen molar-refractivity contribution in [2.24, 2.45) is 0 Å². The zero-order chi connectivity index (χ0) is 12.3. The molecular weight excluding hydrogens is 236 g/mol. The molecule has 2 rings (SSSR count). The van der Waals surface area contributed by atoms with Gasteiger partial charge in [0.15, 0.2) is 4.77 Å². The molecule has 17 heavy (non-hydrogen) atoms. The van der Waals surface area contributed by atoms with Crippen LogP contribution in [0, 0.1) is 4.77 Å². The van der Waals surface area contributed by atoms with Gasteiger partial charge in [-0.2, -0.15) is 5.10 Å². The molecule has 0 aliphatic heterocycles. The number of nitrogens with zero attached hydrogens (tertiary/aromatic N) is 3. The van der Waals surface area contributed by atoms with Gasteiger partial charge in [0.05, 0.1) is 18.5 Å². The molecule has 0 aliphatic rings. The predicted molar refractivity (Wildman–Crippen MR) is 67.1 cm³/mol. The normalized spacial score (nSPS) is 10.5. The number of aromatic nitrogens is 4. The molecule has 0 bridgehead atoms. The Morgan fingerprint density at radius 1 is 1.41 bits per heavy atom. The molecule has 6 heteroatoms. The van der Waals surface area contributed by atoms with Crippen LogP contribution >= 0.6 is 12.2 Å². The van der Waals surface area contributed by atoms with Crippen LogP contribution in [-0.4, -0.2) is 26.4 Å². The average molecular weight is 250 g/mol. The summed E-state index contributed by atoms with van der Waals surface area (Å²) in [5, 5.41) is 6.94. The van der Waals surface area contributed by atoms with Crippen molar-refractivity contribution in [3.8, 4) is 11.6 Å². The maximum Gasteiger partial charge on any atom is 0.213 e. The largest absolute Gasteiger partial charge is 0.478 e. The quantitative estimate of drug-likeness (QED) is 0.846. The number of H-pyrrole nitrogens is 1. The van der Waals surface area contributed by atoms with Crippen molar-refractivity contribution in [3.63, 3.8) is 0 Å². The van der Waals surface area contributed by atoms with Crippen molar-refractivity contribution in [2.75, 3.05) is 6.61 Å². The molecule has 0 saturated carbocycles. The first-order valence-corrected chi connectivity index (χ1v) is 5.92. The number of nitrogens with one attached hydrogen (secondary N) is 1. The average Bonchev–Trinajstić information content (AvgIpc) is 2.72. The highest BCUT2D eigenvalue weighted by Gasteiger charge is 2.06. The van der Waals surface area contributed by atoms with E-state index in [-0.39, 0.29) is 0 Å². The molecule has 2 aromatic rings. The van der Waals surface area contributed by atoms with Gasteiger partial charge in [0, 0.05) is 12.5 Å². The molecule has 0 aliphatic carbocycles. The molecule has 0 radical (unpaired) electrons. The lowest BCUT2D eigenvalue weighted by Gasteiger charge is -2.06. The molecule has 0 aromatic carbocycles. The van der Waals surface area contributed by atoms with E-state index in [1.165, 1.54) is 0 Å². The Morgan fingerprint density at radius 3 is 2.82 bits per heavy atom. The van der Waals surface area contributed by atoms with Crippen LogP contribution in [0.2, 0.25) is 0 Å². The van der Waals surface area contributed by atoms with E-state index in [1.54, 1.807) is 6.20 Å². The third-order valence-corrected chi connectivity index (χ3v) is 2.60. The van der Waals surface area contributed by atoms with Crippen molar-refractivity contribution >= 4 is 12.2 Å². The molecule has 2 aromatic heterocycles. The van der Waals surface area contributed by atoms with Gasteiger partial charge in [-0.1, -0.05) is 6.92 Å². The molecule has 0 fully saturated rings. The van der Waals surface area contributed by atoms with E-state index in [0.29, 0.717) is 17.3 Å². The molecule has 0 unspecified atom stereocenters. The van der Waals surface area contributed by atoms with Gasteiger partial charge < -0.3 is 4.74 Å². The lowest BCUT2D eigenvalue weighted by atomic mass is 10.4. The minimum absolute atomic E-state index is 0.577. The predicted octanol–water partition coefficient (Wildman–Crippen LogP) is 2.29. The van der Waals surface area contributed by atoms with E-state index in [9.17, 15) is 0 Å². The van der Waals surface area contributed by atoms with Crippen molar-refractivity contribution < 1.29 is 4.74 Å². The van der Waals surface area contributed by atoms with Gasteiger partial charge in [-0.15, -0.1) is 0 Å². The van der Waals surface area contributed by atoms with Gasteiger partial charge in [0.25, 0.3) is 0 Å². The summed E-state index contributed by atoms with van der Waals surface area (Å²) in [6.07, 6.45) is 2.54. The molecular formula is C11H14N4OS. The number of aryl methyl sites for hydroxylation is 1. The minimum Gasteiger partial charge on any atom is -0.478 e. The highest BCUT2D eigenvalue weighted by Crippen LogP contribution is 2.14. The highest BCUT2D eigenvalue weighted by molar-refractivity contribution is 7.71. The number of rotatable bonds is 4. The van der Waals surface area contributed by atoms with E-state index < -0.39 is 0 Å². The summed E-state index contributed by atoms with van der Waals surface area (Å²) in [5.74, 6) is 1.50. The van der Waals surface area contributed by atoms with Crippen LogP contribution < -0.4 is 4.74 Å². The van der Waals surface area contributed by atoms with Crippen LogP contribution in [0.1, 0.15) is 19.7 Å². The van der Waals surface area contributed by atoms with Crippen molar-refractivity contribution in [2.45, 2.75) is 20.3 Å². The Balaban J connectivity index is 2.39. The van der Waals surface area contributed by atoms with E-state index in [0.717, 1.165) is 17.9 Å². The van der Waals surface area contributed by atoms with Crippen molar-refractivity contribution in [1.29, 1.82) is 0 Å². The summed E-state index contributed by atoms with van der Waals surface area (Å²) in [4.78, 5) is 4.21. The minimum atomic E-state index is 0.577. The van der Waals surface area contributed by atoms with E-state index in [2.05, 4.69) is 15.2 Å². The lowest BCUT2D eigenvalue weighted by Crippen LogP contribution is -2.01. The molecule has 0 amide bonds. The van der Waals surface area contributed by atoms with Gasteiger partial charge in [-0.05, 0) is 25.2 Å². The third kappa shape index (κ3) is 2.36. The van der Waals surface area contributed by atoms with E-state index in [4.69, 9.17) is 17.0 Å². The fourth-order valence-corrected chi connectivity index (χ4v) is 1.83. The second kappa shape index (κ2) is 5.09. The van der Waals surface area contributed by atoms with Gasteiger partial charge in [0.1, 0.15) is 5.82 Å². The second-order valence-electron chi connectivity index (χ2n) is 3.42. The molecule has 1 N–H and O–H groups in total. The lowest BCUT2D eigenvalue weighted by molar-refractivity contribution is 0.327. The van der Waals surface area contributed by atoms with E-state index >= 15 is 0 Å². The van der Waals surface area contributed by atoms with Crippen LogP contribution in [0.15, 0.2) is 18.3 Å². The topological polar surface area (TPSA) is 55.7 Å². The summed E-state index contributed by atoms with van der Waals surface area (Å²) in [6, 6.07) is 3.75. The van der Waals surface area contributed by atoms with Crippen molar-refractivity contribution in [1.82, 2.24) is 19.7 Å². The Kier molecular flexibility index (Phi) is 3.53. The first-order chi connectivity index (χ1) is 8.26. The number of hydrogen-bond donors (Lipinski definition) is 1. The second-order valence-corrected chi connectivity index (χ2v) is 3.81. The molecule has 0 atom stereocenters. The number of aromatic amines is 1. The van der Waals surface area contributed by atoms with Gasteiger partial charge >= 0.3 is 0 Å². The Hall–Kier alpha value is -1.69. The fraction of sp³-hybridized carbons (Fsp3) is 0.364. The summed E-state index contributed by atoms with van der Waals surface area (Å²) in [7, 11) is 0. The third-order valence-electron chi connectivity index (χ3n) is 2.33. The van der Waals surface area contributed by atoms with Gasteiger partial charge in [0.2, 0.25) is 5.88 Å². The zero-order valence-corrected chi connectivity index (χ0v) is 10.6. The van der Waals surface area contributed by atoms with Crippen LogP contribution in [-0.2, 0) is 6.42 Å². The van der Waals surface area contributed by atoms with Gasteiger partial charge in [-0.3, -0.25) is 9.67 Å². The fourth-order valence-electron chi connectivity index (χ4n) is 1.57. The summed E-state index contributed by atoms with van der Waals surface area (Å²) < 4.78 is 7.74. The molecule has 0 spiro atoms. The van der Waals surface area contributed by atoms with Crippen LogP contribution in [0.4, 0.5) is 0 Å². The standard InChI is InChI=1S/C11H14N4OS/c1-3-9-13-14-11(17)15(9)8-5-6-10(12-7-8)16-4-2/h5-7H,3-4H2,1-2H3,(H,14,17). The Bertz CT molecular complexity index is 543. The monoisotopic (exact) mass is 250 g/mol. The summed E-state index contributed by atoms with van der Waals surface area (Å²) in [5.41, 5.74) is 0.893. The Morgan fingerprint density at radius 2 is 2.24 bits per heavy atom. The number of hydrogen-bond acceptors (Lipinski definition) is 4. The molecule has 90 valence electrons. The summed E-state index contributed by atoms with van der Waals surface area (Å²) >= 11 is 5.19. The summed E-state index contributed by atoms with van der Waals surface area (Å²) in [6.45, 7) is 4.57. The maximum atomic E-state index is 5.30. The SMILES string of the molecule is CCOc1ccc(-n2c(CC)n[nH]c2=S)cn1. The molecule has 5 nitrogen and oxygen atoms in total. The zero-order valence-electron chi connectivity index (χ0n) is 9.80. The smallest absolute Gasteiger partial charge is 0.213 e. The first-order valence-electron chi connectivity index (χ1n) is 5.51. The van der Waals surface area contributed by atoms with Crippen LogP contribution in [0.3, 0.4) is 0 Å². The van der Waals surface area contributed by atoms with E-state index in [1.807, 2.05) is 30.5 Å². The maximum absolute atomic E-state index is 5.30. The Labute approximate surface area is 104 Å². The number of ether oxygens (including phenoxy) is 1. The highest BCUT2D eigenvalue weighted by atomic mass is 32.1. The molecule has 2 heterocycles. The van der Waals surface area contributed by atoms with Crippen LogP contribution in [0.5, 0.6) is 5.88 Å².